The van der Waals surface area contributed by atoms with Gasteiger partial charge in [-0.3, -0.25) is 4.79 Å². The number of carbonyl (C=O) groups is 1. The van der Waals surface area contributed by atoms with Crippen LogP contribution in [-0.4, -0.2) is 31.5 Å². The normalized spacial score (nSPS) is 11.6. The van der Waals surface area contributed by atoms with Crippen molar-refractivity contribution < 1.29 is 17.9 Å². The number of fused-ring (bicyclic) bond motifs is 1. The Bertz CT molecular complexity index is 1140. The average Bonchev–Trinajstić information content (AvgIpc) is 2.99. The summed E-state index contributed by atoms with van der Waals surface area (Å²) in [6.45, 7) is 3.79. The van der Waals surface area contributed by atoms with Crippen molar-refractivity contribution in [3.05, 3.63) is 57.7 Å². The predicted molar refractivity (Wildman–Crippen MR) is 114 cm³/mol. The summed E-state index contributed by atoms with van der Waals surface area (Å²) in [5.74, 6) is -0.433. The first kappa shape index (κ1) is 20.7. The third kappa shape index (κ3) is 4.04. The summed E-state index contributed by atoms with van der Waals surface area (Å²) < 4.78 is 33.1. The Hall–Kier alpha value is -2.03. The molecule has 0 unspecified atom stereocenters. The molecule has 6 nitrogen and oxygen atoms in total. The average molecular weight is 486 g/mol. The van der Waals surface area contributed by atoms with Crippen molar-refractivity contribution in [2.75, 3.05) is 18.5 Å². The van der Waals surface area contributed by atoms with E-state index in [4.69, 9.17) is 16.3 Å². The van der Waals surface area contributed by atoms with E-state index in [1.54, 1.807) is 43.3 Å². The molecule has 3 aromatic rings. The first-order valence-electron chi connectivity index (χ1n) is 8.46. The fraction of sp³-hybridized carbons (Fsp3) is 0.211. The molecule has 0 aliphatic rings. The van der Waals surface area contributed by atoms with Crippen molar-refractivity contribution in [3.8, 4) is 0 Å². The molecule has 3 rings (SSSR count). The minimum absolute atomic E-state index is 0.0855. The number of esters is 1. The van der Waals surface area contributed by atoms with E-state index in [0.29, 0.717) is 26.1 Å². The van der Waals surface area contributed by atoms with E-state index in [9.17, 15) is 13.2 Å². The van der Waals surface area contributed by atoms with Gasteiger partial charge in [-0.25, -0.2) is 12.4 Å². The number of anilines is 1. The van der Waals surface area contributed by atoms with Crippen LogP contribution in [0.4, 0.5) is 5.69 Å². The van der Waals surface area contributed by atoms with Gasteiger partial charge in [-0.2, -0.15) is 0 Å². The number of hydrogen-bond acceptors (Lipinski definition) is 5. The number of aromatic nitrogens is 1. The summed E-state index contributed by atoms with van der Waals surface area (Å²) in [6.07, 6.45) is 1.45. The van der Waals surface area contributed by atoms with E-state index in [-0.39, 0.29) is 18.0 Å². The maximum atomic E-state index is 13.2. The molecule has 0 saturated heterocycles. The summed E-state index contributed by atoms with van der Waals surface area (Å²) >= 11 is 9.56. The van der Waals surface area contributed by atoms with Crippen LogP contribution in [0, 0.1) is 6.92 Å². The summed E-state index contributed by atoms with van der Waals surface area (Å²) in [5.41, 5.74) is 1.84. The van der Waals surface area contributed by atoms with Crippen molar-refractivity contribution in [2.24, 2.45) is 0 Å². The van der Waals surface area contributed by atoms with E-state index >= 15 is 0 Å². The standard InChI is InChI=1S/C19H18BrClN2O4S/c1-3-27-19(24)10-22-17-11-23(18-9-16(21)15(20)8-14(17)18)28(25,26)13-6-4-12(2)5-7-13/h4-9,11,22H,3,10H2,1-2H3. The molecule has 0 spiro atoms. The van der Waals surface area contributed by atoms with Gasteiger partial charge >= 0.3 is 5.97 Å². The molecule has 1 heterocycles. The maximum absolute atomic E-state index is 13.2. The van der Waals surface area contributed by atoms with Crippen LogP contribution in [0.5, 0.6) is 0 Å². The molecule has 2 aromatic carbocycles. The lowest BCUT2D eigenvalue weighted by Crippen LogP contribution is -2.16. The molecule has 0 aliphatic carbocycles. The van der Waals surface area contributed by atoms with E-state index in [1.165, 1.54) is 10.2 Å². The highest BCUT2D eigenvalue weighted by atomic mass is 79.9. The topological polar surface area (TPSA) is 77.4 Å². The highest BCUT2D eigenvalue weighted by Crippen LogP contribution is 2.35. The van der Waals surface area contributed by atoms with Crippen molar-refractivity contribution in [1.29, 1.82) is 0 Å². The highest BCUT2D eigenvalue weighted by Gasteiger charge is 2.22. The number of nitrogens with one attached hydrogen (secondary N) is 1. The number of carbonyl (C=O) groups excluding carboxylic acids is 1. The lowest BCUT2D eigenvalue weighted by Gasteiger charge is -2.08. The molecular weight excluding hydrogens is 468 g/mol. The quantitative estimate of drug-likeness (QED) is 0.517. The fourth-order valence-electron chi connectivity index (χ4n) is 2.73. The number of hydrogen-bond donors (Lipinski definition) is 1. The Labute approximate surface area is 176 Å². The zero-order chi connectivity index (χ0) is 20.5. The largest absolute Gasteiger partial charge is 0.465 e. The minimum atomic E-state index is -3.85. The second-order valence-corrected chi connectivity index (χ2v) is 9.18. The molecule has 148 valence electrons. The molecule has 9 heteroatoms. The lowest BCUT2D eigenvalue weighted by atomic mass is 10.2. The van der Waals surface area contributed by atoms with Crippen molar-refractivity contribution in [2.45, 2.75) is 18.7 Å². The number of benzene rings is 2. The fourth-order valence-corrected chi connectivity index (χ4v) is 4.60. The third-order valence-electron chi connectivity index (χ3n) is 4.12. The molecule has 0 aliphatic heterocycles. The SMILES string of the molecule is CCOC(=O)CNc1cn(S(=O)(=O)c2ccc(C)cc2)c2cc(Cl)c(Br)cc12. The van der Waals surface area contributed by atoms with Crippen LogP contribution in [0.15, 0.2) is 52.0 Å². The summed E-state index contributed by atoms with van der Waals surface area (Å²) in [7, 11) is -3.85. The molecule has 28 heavy (non-hydrogen) atoms. The van der Waals surface area contributed by atoms with Gasteiger partial charge in [0.25, 0.3) is 10.0 Å². The van der Waals surface area contributed by atoms with Crippen LogP contribution in [-0.2, 0) is 19.6 Å². The molecule has 0 amide bonds. The molecule has 1 aromatic heterocycles. The minimum Gasteiger partial charge on any atom is -0.465 e. The smallest absolute Gasteiger partial charge is 0.325 e. The summed E-state index contributed by atoms with van der Waals surface area (Å²) in [6, 6.07) is 9.88. The number of ether oxygens (including phenoxy) is 1. The monoisotopic (exact) mass is 484 g/mol. The van der Waals surface area contributed by atoms with Gasteiger partial charge in [0.15, 0.2) is 0 Å². The molecular formula is C19H18BrClN2O4S. The third-order valence-corrected chi connectivity index (χ3v) is 7.00. The molecule has 0 bridgehead atoms. The Morgan fingerprint density at radius 2 is 1.93 bits per heavy atom. The van der Waals surface area contributed by atoms with Crippen LogP contribution < -0.4 is 5.32 Å². The van der Waals surface area contributed by atoms with Crippen LogP contribution in [0.3, 0.4) is 0 Å². The van der Waals surface area contributed by atoms with Gasteiger partial charge in [0.2, 0.25) is 0 Å². The molecule has 0 atom stereocenters. The van der Waals surface area contributed by atoms with Gasteiger partial charge in [0.05, 0.1) is 27.7 Å². The number of aryl methyl sites for hydroxylation is 1. The van der Waals surface area contributed by atoms with Crippen molar-refractivity contribution in [1.82, 2.24) is 3.97 Å². The van der Waals surface area contributed by atoms with Gasteiger partial charge in [-0.15, -0.1) is 0 Å². The predicted octanol–water partition coefficient (Wildman–Crippen LogP) is 4.58. The van der Waals surface area contributed by atoms with E-state index in [0.717, 1.165) is 5.56 Å². The van der Waals surface area contributed by atoms with Gasteiger partial charge in [-0.05, 0) is 54.0 Å². The molecule has 0 fully saturated rings. The lowest BCUT2D eigenvalue weighted by molar-refractivity contribution is -0.140. The summed E-state index contributed by atoms with van der Waals surface area (Å²) in [4.78, 5) is 11.8. The van der Waals surface area contributed by atoms with E-state index in [2.05, 4.69) is 21.2 Å². The highest BCUT2D eigenvalue weighted by molar-refractivity contribution is 9.10. The van der Waals surface area contributed by atoms with E-state index in [1.807, 2.05) is 6.92 Å². The second-order valence-electron chi connectivity index (χ2n) is 6.10. The Morgan fingerprint density at radius 1 is 1.25 bits per heavy atom. The number of rotatable bonds is 6. The maximum Gasteiger partial charge on any atom is 0.325 e. The van der Waals surface area contributed by atoms with Crippen molar-refractivity contribution >= 4 is 60.1 Å². The van der Waals surface area contributed by atoms with Crippen LogP contribution >= 0.6 is 27.5 Å². The van der Waals surface area contributed by atoms with Crippen molar-refractivity contribution in [3.63, 3.8) is 0 Å². The Morgan fingerprint density at radius 3 is 2.57 bits per heavy atom. The van der Waals surface area contributed by atoms with Crippen LogP contribution in [0.1, 0.15) is 12.5 Å². The number of nitrogens with zero attached hydrogens (tertiary/aromatic N) is 1. The second kappa shape index (κ2) is 8.14. The van der Waals surface area contributed by atoms with Crippen LogP contribution in [0.2, 0.25) is 5.02 Å². The first-order valence-corrected chi connectivity index (χ1v) is 11.1. The molecule has 0 radical (unpaired) electrons. The van der Waals surface area contributed by atoms with E-state index < -0.39 is 16.0 Å². The molecule has 1 N–H and O–H groups in total. The van der Waals surface area contributed by atoms with Gasteiger partial charge in [0, 0.05) is 16.1 Å². The summed E-state index contributed by atoms with van der Waals surface area (Å²) in [5, 5.41) is 3.93. The zero-order valence-corrected chi connectivity index (χ0v) is 18.4. The van der Waals surface area contributed by atoms with Gasteiger partial charge in [0.1, 0.15) is 6.54 Å². The zero-order valence-electron chi connectivity index (χ0n) is 15.2. The van der Waals surface area contributed by atoms with Crippen LogP contribution in [0.25, 0.3) is 10.9 Å². The van der Waals surface area contributed by atoms with Gasteiger partial charge in [-0.1, -0.05) is 29.3 Å². The first-order chi connectivity index (χ1) is 13.2. The Balaban J connectivity index is 2.13. The molecule has 0 saturated carbocycles. The number of halogens is 2. The van der Waals surface area contributed by atoms with Gasteiger partial charge < -0.3 is 10.1 Å². The Kier molecular flexibility index (Phi) is 6.02.